The number of hydrogen-bond acceptors (Lipinski definition) is 17. The lowest BCUT2D eigenvalue weighted by molar-refractivity contribution is -0.141. The van der Waals surface area contributed by atoms with Gasteiger partial charge in [0.05, 0.1) is 33.6 Å². The SMILES string of the molecule is CCc1cccc2cc(O)cc(-c3ncc4c(N5C[C@H]6CC[C@@H](C5)N6)nc(OCCN5CCC(C)(CN6CCN(c7cc(C(C(=O)N8C[C@H](O)C[C@H]8C(=O)NC(C)c8ccc(-c9scnc9C)cc8)C(C)C)on7)CC6)CC5)nc4c3F)c12. The number of aromatic nitrogens is 5. The third-order valence-electron chi connectivity index (χ3n) is 18.2. The van der Waals surface area contributed by atoms with Gasteiger partial charge in [0.15, 0.2) is 17.4 Å². The van der Waals surface area contributed by atoms with Crippen LogP contribution in [0.3, 0.4) is 0 Å². The molecule has 0 radical (unpaired) electrons. The lowest BCUT2D eigenvalue weighted by Gasteiger charge is -2.44. The molecule has 2 amide bonds. The molecular formula is C63H77FN12O6S. The zero-order chi connectivity index (χ0) is 57.7. The quantitative estimate of drug-likeness (QED) is 0.0676. The standard InChI is InChI=1S/C63H77FN12O6S/c1-7-40-9-8-10-43-27-46(77)28-48(54(40)43)56-55(64)57-49(31-65-56)59(75-32-44-15-16-45(33-75)68-44)70-62(69-57)81-26-25-72-19-17-63(6,18-20-72)35-73-21-23-74(24-22-73)52-30-51(82-71-52)53(37(2)3)61(80)76-34-47(78)29-50(76)60(79)67-38(4)41-11-13-42(14-12-41)58-39(5)66-36-83-58/h8-14,27-28,30-31,36-38,44-45,47,50,53,68,77-78H,7,15-26,29,32-35H2,1-6H3,(H,67,79)/t38?,44-,45+,47-,50+,53?/m1/s1. The number of amides is 2. The number of benzene rings is 3. The monoisotopic (exact) mass is 1150 g/mol. The summed E-state index contributed by atoms with van der Waals surface area (Å²) in [5.41, 5.74) is 6.82. The number of halogens is 1. The van der Waals surface area contributed by atoms with Crippen molar-refractivity contribution >= 4 is 56.5 Å². The van der Waals surface area contributed by atoms with Crippen LogP contribution in [0.1, 0.15) is 101 Å². The van der Waals surface area contributed by atoms with E-state index in [2.05, 4.69) is 54.2 Å². The predicted octanol–water partition coefficient (Wildman–Crippen LogP) is 8.49. The predicted molar refractivity (Wildman–Crippen MR) is 320 cm³/mol. The number of carbonyl (C=O) groups is 2. The molecule has 7 aromatic rings. The first-order chi connectivity index (χ1) is 40.1. The molecule has 20 heteroatoms. The Labute approximate surface area is 488 Å². The number of hydrogen-bond donors (Lipinski definition) is 4. The van der Waals surface area contributed by atoms with Crippen molar-refractivity contribution < 1.29 is 33.5 Å². The van der Waals surface area contributed by atoms with Crippen molar-refractivity contribution in [1.29, 1.82) is 0 Å². The maximum atomic E-state index is 17.2. The van der Waals surface area contributed by atoms with Crippen LogP contribution in [0, 0.1) is 24.1 Å². The second-order valence-corrected chi connectivity index (χ2v) is 25.4. The molecule has 9 heterocycles. The third-order valence-corrected chi connectivity index (χ3v) is 19.2. The van der Waals surface area contributed by atoms with E-state index in [0.717, 1.165) is 129 Å². The number of aryl methyl sites for hydroxylation is 2. The second-order valence-electron chi connectivity index (χ2n) is 24.5. The van der Waals surface area contributed by atoms with E-state index in [0.29, 0.717) is 53.6 Å². The van der Waals surface area contributed by atoms with Crippen LogP contribution in [-0.2, 0) is 16.0 Å². The van der Waals surface area contributed by atoms with E-state index < -0.39 is 23.9 Å². The Kier molecular flexibility index (Phi) is 16.1. The molecule has 4 N–H and O–H groups in total. The first-order valence-corrected chi connectivity index (χ1v) is 30.7. The molecule has 3 aromatic carbocycles. The highest BCUT2D eigenvalue weighted by Crippen LogP contribution is 2.41. The highest BCUT2D eigenvalue weighted by Gasteiger charge is 2.44. The number of aliphatic hydroxyl groups is 1. The molecule has 83 heavy (non-hydrogen) atoms. The topological polar surface area (TPSA) is 202 Å². The number of thiazole rings is 1. The van der Waals surface area contributed by atoms with E-state index >= 15 is 4.39 Å². The molecule has 0 saturated carbocycles. The normalized spacial score (nSPS) is 22.0. The number of nitrogens with zero attached hydrogens (tertiary/aromatic N) is 10. The molecule has 2 bridgehead atoms. The van der Waals surface area contributed by atoms with E-state index in [9.17, 15) is 19.8 Å². The number of phenols is 1. The summed E-state index contributed by atoms with van der Waals surface area (Å²) in [6.45, 7) is 21.0. The van der Waals surface area contributed by atoms with E-state index in [1.54, 1.807) is 29.7 Å². The molecule has 5 aliphatic rings. The van der Waals surface area contributed by atoms with E-state index in [1.165, 1.54) is 4.90 Å². The molecule has 5 fully saturated rings. The van der Waals surface area contributed by atoms with Gasteiger partial charge in [0, 0.05) is 95.2 Å². The summed E-state index contributed by atoms with van der Waals surface area (Å²) in [6, 6.07) is 18.9. The molecule has 4 aromatic heterocycles. The minimum atomic E-state index is -0.821. The third kappa shape index (κ3) is 11.7. The van der Waals surface area contributed by atoms with Gasteiger partial charge in [-0.05, 0) is 110 Å². The van der Waals surface area contributed by atoms with Crippen LogP contribution in [-0.4, -0.2) is 165 Å². The van der Waals surface area contributed by atoms with Crippen LogP contribution in [0.15, 0.2) is 76.9 Å². The van der Waals surface area contributed by atoms with Crippen LogP contribution in [0.4, 0.5) is 16.0 Å². The summed E-state index contributed by atoms with van der Waals surface area (Å²) in [6.07, 6.45) is 6.00. The van der Waals surface area contributed by atoms with Gasteiger partial charge in [0.2, 0.25) is 11.8 Å². The summed E-state index contributed by atoms with van der Waals surface area (Å²) < 4.78 is 29.5. The number of pyridine rings is 1. The number of piperidine rings is 1. The number of β-amino-alcohol motifs (C(OH)–C–C–N with tert-alkyl or cyclic N) is 1. The summed E-state index contributed by atoms with van der Waals surface area (Å²) >= 11 is 1.59. The van der Waals surface area contributed by atoms with Crippen molar-refractivity contribution in [3.63, 3.8) is 0 Å². The molecule has 0 spiro atoms. The Hall–Kier alpha value is -6.84. The number of aliphatic hydroxyl groups excluding tert-OH is 1. The first-order valence-electron chi connectivity index (χ1n) is 29.8. The number of rotatable bonds is 17. The highest BCUT2D eigenvalue weighted by atomic mass is 32.1. The molecule has 18 nitrogen and oxygen atoms in total. The highest BCUT2D eigenvalue weighted by molar-refractivity contribution is 7.13. The van der Waals surface area contributed by atoms with Crippen LogP contribution in [0.5, 0.6) is 11.8 Å². The maximum absolute atomic E-state index is 17.2. The fourth-order valence-corrected chi connectivity index (χ4v) is 14.4. The molecule has 6 atom stereocenters. The number of fused-ring (bicyclic) bond motifs is 4. The van der Waals surface area contributed by atoms with Crippen molar-refractivity contribution in [2.75, 3.05) is 88.4 Å². The Morgan fingerprint density at radius 2 is 1.70 bits per heavy atom. The number of likely N-dealkylation sites (tertiary alicyclic amines) is 2. The number of ether oxygens (including phenoxy) is 1. The molecule has 12 rings (SSSR count). The van der Waals surface area contributed by atoms with Crippen LogP contribution in [0.2, 0.25) is 0 Å². The molecule has 438 valence electrons. The first kappa shape index (κ1) is 56.6. The summed E-state index contributed by atoms with van der Waals surface area (Å²) in [4.78, 5) is 59.2. The van der Waals surface area contributed by atoms with Crippen LogP contribution >= 0.6 is 11.3 Å². The van der Waals surface area contributed by atoms with Crippen molar-refractivity contribution in [1.82, 2.24) is 50.4 Å². The Morgan fingerprint density at radius 3 is 2.41 bits per heavy atom. The smallest absolute Gasteiger partial charge is 0.319 e. The molecule has 5 saturated heterocycles. The molecular weight excluding hydrogens is 1070 g/mol. The number of carbonyl (C=O) groups excluding carboxylic acids is 2. The average Bonchev–Trinajstić information content (AvgIpc) is 3.09. The number of phenolic OH excluding ortho intramolecular Hbond substituents is 1. The molecule has 0 aliphatic carbocycles. The van der Waals surface area contributed by atoms with Crippen molar-refractivity contribution in [2.24, 2.45) is 11.3 Å². The fourth-order valence-electron chi connectivity index (χ4n) is 13.6. The zero-order valence-electron chi connectivity index (χ0n) is 48.5. The number of piperazine rings is 2. The minimum absolute atomic E-state index is 0.0439. The van der Waals surface area contributed by atoms with Gasteiger partial charge in [-0.25, -0.2) is 9.37 Å². The summed E-state index contributed by atoms with van der Waals surface area (Å²) in [5, 5.41) is 35.1. The Bertz CT molecular complexity index is 3480. The van der Waals surface area contributed by atoms with Gasteiger partial charge in [-0.3, -0.25) is 24.4 Å². The van der Waals surface area contributed by atoms with Gasteiger partial charge in [-0.2, -0.15) is 9.97 Å². The lowest BCUT2D eigenvalue weighted by Crippen LogP contribution is -2.51. The van der Waals surface area contributed by atoms with Crippen molar-refractivity contribution in [3.8, 4) is 33.5 Å². The summed E-state index contributed by atoms with van der Waals surface area (Å²) in [5.74, 6) is -0.127. The number of aromatic hydroxyl groups is 1. The largest absolute Gasteiger partial charge is 0.508 e. The number of nitrogens with one attached hydrogen (secondary N) is 2. The zero-order valence-corrected chi connectivity index (χ0v) is 49.3. The second kappa shape index (κ2) is 23.7. The Morgan fingerprint density at radius 1 is 0.940 bits per heavy atom. The summed E-state index contributed by atoms with van der Waals surface area (Å²) in [7, 11) is 0. The van der Waals surface area contributed by atoms with Gasteiger partial charge in [0.25, 0.3) is 0 Å². The molecule has 2 unspecified atom stereocenters. The van der Waals surface area contributed by atoms with Crippen molar-refractivity contribution in [3.05, 3.63) is 101 Å². The van der Waals surface area contributed by atoms with Crippen LogP contribution < -0.4 is 25.2 Å². The Balaban J connectivity index is 0.643. The average molecular weight is 1150 g/mol. The molecule has 5 aliphatic heterocycles. The van der Waals surface area contributed by atoms with E-state index in [1.807, 2.05) is 81.7 Å². The van der Waals surface area contributed by atoms with Gasteiger partial charge in [-0.1, -0.05) is 75.3 Å². The number of anilines is 2. The lowest BCUT2D eigenvalue weighted by atomic mass is 9.79. The van der Waals surface area contributed by atoms with Gasteiger partial charge in [-0.15, -0.1) is 11.3 Å². The van der Waals surface area contributed by atoms with Crippen molar-refractivity contribution in [2.45, 2.75) is 116 Å². The van der Waals surface area contributed by atoms with Crippen LogP contribution in [0.25, 0.3) is 43.4 Å². The fraction of sp³-hybridized carbons (Fsp3) is 0.508. The van der Waals surface area contributed by atoms with Gasteiger partial charge >= 0.3 is 6.01 Å². The maximum Gasteiger partial charge on any atom is 0.319 e. The van der Waals surface area contributed by atoms with E-state index in [4.69, 9.17) is 24.2 Å². The minimum Gasteiger partial charge on any atom is -0.508 e. The van der Waals surface area contributed by atoms with E-state index in [-0.39, 0.29) is 65.1 Å². The van der Waals surface area contributed by atoms with Gasteiger partial charge < -0.3 is 44.8 Å². The van der Waals surface area contributed by atoms with Gasteiger partial charge in [0.1, 0.15) is 41.3 Å².